The molecule has 0 saturated heterocycles. The Morgan fingerprint density at radius 3 is 2.41 bits per heavy atom. The molecule has 0 radical (unpaired) electrons. The number of aryl methyl sites for hydroxylation is 1. The van der Waals surface area contributed by atoms with Crippen molar-refractivity contribution >= 4 is 41.1 Å². The van der Waals surface area contributed by atoms with E-state index < -0.39 is 36.1 Å². The number of carbonyl (C=O) groups is 3. The van der Waals surface area contributed by atoms with Gasteiger partial charge in [0.15, 0.2) is 17.6 Å². The van der Waals surface area contributed by atoms with Crippen molar-refractivity contribution in [2.45, 2.75) is 77.9 Å². The van der Waals surface area contributed by atoms with Crippen LogP contribution in [-0.2, 0) is 35.6 Å². The van der Waals surface area contributed by atoms with Gasteiger partial charge in [0.2, 0.25) is 5.91 Å². The van der Waals surface area contributed by atoms with Gasteiger partial charge in [0.05, 0.1) is 10.0 Å². The highest BCUT2D eigenvalue weighted by atomic mass is 35.5. The van der Waals surface area contributed by atoms with Crippen LogP contribution in [0.25, 0.3) is 11.1 Å². The van der Waals surface area contributed by atoms with Crippen molar-refractivity contribution in [3.05, 3.63) is 140 Å². The van der Waals surface area contributed by atoms with E-state index in [1.165, 1.54) is 4.90 Å². The minimum Gasteiger partial charge on any atom is -0.489 e. The summed E-state index contributed by atoms with van der Waals surface area (Å²) in [5.41, 5.74) is 8.05. The van der Waals surface area contributed by atoms with E-state index in [1.807, 2.05) is 107 Å². The summed E-state index contributed by atoms with van der Waals surface area (Å²) in [5.74, 6) is -0.0405. The molecule has 2 aliphatic rings. The van der Waals surface area contributed by atoms with E-state index in [4.69, 9.17) is 37.4 Å². The zero-order chi connectivity index (χ0) is 41.1. The first-order valence-electron chi connectivity index (χ1n) is 19.1. The van der Waals surface area contributed by atoms with Crippen LogP contribution in [0.5, 0.6) is 17.2 Å². The van der Waals surface area contributed by atoms with Crippen LogP contribution < -0.4 is 24.8 Å². The summed E-state index contributed by atoms with van der Waals surface area (Å²) < 4.78 is 18.6. The summed E-state index contributed by atoms with van der Waals surface area (Å²) in [7, 11) is 0. The maximum absolute atomic E-state index is 14.0. The van der Waals surface area contributed by atoms with Gasteiger partial charge in [-0.25, -0.2) is 9.59 Å². The maximum Gasteiger partial charge on any atom is 0.326 e. The molecule has 4 aromatic carbocycles. The molecule has 3 heterocycles. The summed E-state index contributed by atoms with van der Waals surface area (Å²) in [6.07, 6.45) is 1.57. The number of aromatic nitrogens is 1. The number of pyridine rings is 1. The molecule has 0 spiro atoms. The van der Waals surface area contributed by atoms with Crippen LogP contribution in [0, 0.1) is 13.8 Å². The summed E-state index contributed by atoms with van der Waals surface area (Å²) >= 11 is 12.4. The molecule has 1 aromatic heterocycles. The first-order chi connectivity index (χ1) is 27.8. The molecule has 3 amide bonds. The van der Waals surface area contributed by atoms with Crippen LogP contribution in [-0.4, -0.2) is 57.6 Å². The second kappa shape index (κ2) is 17.4. The summed E-state index contributed by atoms with van der Waals surface area (Å²) in [6.45, 7) is 8.26. The van der Waals surface area contributed by atoms with Crippen LogP contribution in [0.2, 0.25) is 10.0 Å². The van der Waals surface area contributed by atoms with Gasteiger partial charge in [-0.3, -0.25) is 9.78 Å². The minimum absolute atomic E-state index is 0.0602. The van der Waals surface area contributed by atoms with Crippen molar-refractivity contribution in [3.8, 4) is 28.4 Å². The lowest BCUT2D eigenvalue weighted by atomic mass is 9.92. The van der Waals surface area contributed by atoms with E-state index in [0.29, 0.717) is 27.3 Å². The Kier molecular flexibility index (Phi) is 12.1. The zero-order valence-corrected chi connectivity index (χ0v) is 34.1. The maximum atomic E-state index is 14.0. The third-order valence-corrected chi connectivity index (χ3v) is 11.3. The summed E-state index contributed by atoms with van der Waals surface area (Å²) in [5, 5.41) is 16.8. The molecule has 11 nitrogen and oxygen atoms in total. The normalized spacial score (nSPS) is 16.3. The third kappa shape index (κ3) is 9.01. The second-order valence-corrected chi connectivity index (χ2v) is 15.7. The van der Waals surface area contributed by atoms with Gasteiger partial charge in [0.1, 0.15) is 31.0 Å². The highest BCUT2D eigenvalue weighted by Crippen LogP contribution is 2.41. The lowest BCUT2D eigenvalue weighted by Crippen LogP contribution is -2.58. The smallest absolute Gasteiger partial charge is 0.326 e. The number of aliphatic carboxylic acids is 1. The number of benzene rings is 4. The van der Waals surface area contributed by atoms with Crippen LogP contribution in [0.15, 0.2) is 91.1 Å². The van der Waals surface area contributed by atoms with E-state index in [1.54, 1.807) is 12.3 Å². The number of rotatable bonds is 11. The van der Waals surface area contributed by atoms with Crippen molar-refractivity contribution in [1.82, 2.24) is 20.5 Å². The fraction of sp³-hybridized carbons (Fsp3) is 0.289. The van der Waals surface area contributed by atoms with Crippen LogP contribution >= 0.6 is 23.2 Å². The fourth-order valence-corrected chi connectivity index (χ4v) is 7.54. The van der Waals surface area contributed by atoms with Gasteiger partial charge < -0.3 is 34.9 Å². The molecule has 5 aromatic rings. The number of hydrogen-bond acceptors (Lipinski definition) is 7. The molecule has 58 heavy (non-hydrogen) atoms. The Morgan fingerprint density at radius 2 is 1.69 bits per heavy atom. The topological polar surface area (TPSA) is 139 Å². The molecular weight excluding hydrogens is 779 g/mol. The lowest BCUT2D eigenvalue weighted by molar-refractivity contribution is -0.142. The second-order valence-electron chi connectivity index (χ2n) is 14.9. The molecule has 0 aliphatic carbocycles. The molecule has 0 fully saturated rings. The number of hydrogen-bond donors (Lipinski definition) is 3. The van der Waals surface area contributed by atoms with Crippen molar-refractivity contribution in [3.63, 3.8) is 0 Å². The number of ether oxygens (including phenoxy) is 3. The van der Waals surface area contributed by atoms with Crippen LogP contribution in [0.4, 0.5) is 4.79 Å². The Bertz CT molecular complexity index is 2340. The highest BCUT2D eigenvalue weighted by molar-refractivity contribution is 6.42. The number of halogens is 2. The van der Waals surface area contributed by atoms with E-state index in [9.17, 15) is 19.5 Å². The average molecular weight is 824 g/mol. The molecule has 2 aliphatic heterocycles. The van der Waals surface area contributed by atoms with Crippen LogP contribution in [0.3, 0.4) is 0 Å². The predicted octanol–water partition coefficient (Wildman–Crippen LogP) is 8.42. The Balaban J connectivity index is 1.04. The quantitative estimate of drug-likeness (QED) is 0.121. The van der Waals surface area contributed by atoms with E-state index >= 15 is 0 Å². The van der Waals surface area contributed by atoms with Gasteiger partial charge in [-0.05, 0) is 103 Å². The monoisotopic (exact) mass is 822 g/mol. The van der Waals surface area contributed by atoms with Gasteiger partial charge in [-0.15, -0.1) is 0 Å². The standard InChI is InChI=1S/C45H44Cl2N4O7/c1-25(2)49-45(55)51-22-33-21-40-39(57-24-41(58-40)30-12-14-34(15-13-30)56-23-31-6-5-7-36(46)42(31)47)20-32(33)19-38(51)43(52)50-37(44(53)54)18-28-8-10-29(11-9-28)35-16-17-48-27(4)26(35)3/h5-17,20-21,25,37-38,41H,18-19,22-24H2,1-4H3,(H,49,55)(H,50,52)(H,53,54)/t37-,38-,41+/m0/s1. The minimum atomic E-state index is -1.22. The largest absolute Gasteiger partial charge is 0.489 e. The number of carboxylic acid groups (broad SMARTS) is 1. The van der Waals surface area contributed by atoms with Gasteiger partial charge in [0, 0.05) is 42.9 Å². The number of nitrogens with one attached hydrogen (secondary N) is 2. The number of urea groups is 1. The molecule has 0 bridgehead atoms. The Hall–Kier alpha value is -5.78. The number of carbonyl (C=O) groups excluding carboxylic acids is 2. The number of amides is 3. The number of carboxylic acids is 1. The van der Waals surface area contributed by atoms with E-state index in [2.05, 4.69) is 15.6 Å². The summed E-state index contributed by atoms with van der Waals surface area (Å²) in [6, 6.07) is 23.4. The lowest BCUT2D eigenvalue weighted by Gasteiger charge is -2.38. The fourth-order valence-electron chi connectivity index (χ4n) is 7.17. The van der Waals surface area contributed by atoms with Crippen molar-refractivity contribution in [2.75, 3.05) is 6.61 Å². The zero-order valence-electron chi connectivity index (χ0n) is 32.6. The molecule has 300 valence electrons. The number of fused-ring (bicyclic) bond motifs is 2. The molecule has 3 atom stereocenters. The van der Waals surface area contributed by atoms with Crippen molar-refractivity contribution in [2.24, 2.45) is 0 Å². The van der Waals surface area contributed by atoms with Gasteiger partial charge in [0.25, 0.3) is 0 Å². The first-order valence-corrected chi connectivity index (χ1v) is 19.8. The molecule has 7 rings (SSSR count). The molecule has 13 heteroatoms. The van der Waals surface area contributed by atoms with Gasteiger partial charge in [-0.1, -0.05) is 71.7 Å². The molecule has 3 N–H and O–H groups in total. The molecule has 0 unspecified atom stereocenters. The van der Waals surface area contributed by atoms with Gasteiger partial charge in [-0.2, -0.15) is 0 Å². The van der Waals surface area contributed by atoms with Crippen LogP contribution in [0.1, 0.15) is 59.0 Å². The summed E-state index contributed by atoms with van der Waals surface area (Å²) in [4.78, 5) is 45.9. The first kappa shape index (κ1) is 40.4. The third-order valence-electron chi connectivity index (χ3n) is 10.5. The Labute approximate surface area is 347 Å². The number of nitrogens with zero attached hydrogens (tertiary/aromatic N) is 2. The average Bonchev–Trinajstić information content (AvgIpc) is 3.21. The molecular formula is C45H44Cl2N4O7. The predicted molar refractivity (Wildman–Crippen MR) is 222 cm³/mol. The highest BCUT2D eigenvalue weighted by Gasteiger charge is 2.38. The van der Waals surface area contributed by atoms with Gasteiger partial charge >= 0.3 is 12.0 Å². The van der Waals surface area contributed by atoms with E-state index in [0.717, 1.165) is 50.2 Å². The Morgan fingerprint density at radius 1 is 0.948 bits per heavy atom. The van der Waals surface area contributed by atoms with E-state index in [-0.39, 0.29) is 38.6 Å². The SMILES string of the molecule is Cc1nccc(-c2ccc(C[C@H](NC(=O)[C@@H]3Cc4cc5c(cc4CN3C(=O)NC(C)C)O[C@@H](c3ccc(OCc4cccc(Cl)c4Cl)cc3)CO5)C(=O)O)cc2)c1C. The molecule has 0 saturated carbocycles. The van der Waals surface area contributed by atoms with Crippen molar-refractivity contribution < 1.29 is 33.7 Å². The van der Waals surface area contributed by atoms with Crippen molar-refractivity contribution in [1.29, 1.82) is 0 Å².